The lowest BCUT2D eigenvalue weighted by atomic mass is 10.0. The zero-order valence-corrected chi connectivity index (χ0v) is 15.5. The average molecular weight is 346 g/mol. The van der Waals surface area contributed by atoms with E-state index in [2.05, 4.69) is 46.0 Å². The fourth-order valence-corrected chi connectivity index (χ4v) is 4.34. The van der Waals surface area contributed by atoms with E-state index in [-0.39, 0.29) is 5.91 Å². The van der Waals surface area contributed by atoms with Crippen LogP contribution in [-0.4, -0.2) is 40.2 Å². The Kier molecular flexibility index (Phi) is 5.36. The van der Waals surface area contributed by atoms with Gasteiger partial charge in [-0.3, -0.25) is 14.4 Å². The Morgan fingerprint density at radius 2 is 2.29 bits per heavy atom. The van der Waals surface area contributed by atoms with Gasteiger partial charge in [-0.15, -0.1) is 0 Å². The molecule has 1 saturated heterocycles. The van der Waals surface area contributed by atoms with Gasteiger partial charge in [0.25, 0.3) is 0 Å². The van der Waals surface area contributed by atoms with Crippen LogP contribution in [0.2, 0.25) is 0 Å². The number of rotatable bonds is 6. The topological polar surface area (TPSA) is 50.2 Å². The third-order valence-corrected chi connectivity index (χ3v) is 5.66. The largest absolute Gasteiger partial charge is 0.355 e. The minimum atomic E-state index is 0.122. The van der Waals surface area contributed by atoms with Gasteiger partial charge in [0, 0.05) is 30.9 Å². The number of aromatic nitrogens is 2. The summed E-state index contributed by atoms with van der Waals surface area (Å²) in [5.41, 5.74) is 4.90. The van der Waals surface area contributed by atoms with Crippen LogP contribution in [-0.2, 0) is 18.3 Å². The van der Waals surface area contributed by atoms with Crippen LogP contribution in [0.4, 0.5) is 0 Å². The molecule has 3 rings (SSSR count). The van der Waals surface area contributed by atoms with Crippen LogP contribution in [0.1, 0.15) is 41.4 Å². The summed E-state index contributed by atoms with van der Waals surface area (Å²) in [4.78, 5) is 14.6. The molecule has 2 aromatic rings. The molecular formula is C18H26N4OS. The van der Waals surface area contributed by atoms with Crippen molar-refractivity contribution in [1.29, 1.82) is 0 Å². The van der Waals surface area contributed by atoms with Crippen molar-refractivity contribution in [2.24, 2.45) is 7.05 Å². The molecule has 0 saturated carbocycles. The second-order valence-corrected chi connectivity index (χ2v) is 7.35. The highest BCUT2D eigenvalue weighted by atomic mass is 32.1. The molecule has 5 nitrogen and oxygen atoms in total. The Hall–Kier alpha value is -1.66. The number of aryl methyl sites for hydroxylation is 2. The van der Waals surface area contributed by atoms with Crippen LogP contribution in [0.25, 0.3) is 0 Å². The van der Waals surface area contributed by atoms with Gasteiger partial charge < -0.3 is 5.32 Å². The normalized spacial score (nSPS) is 18.2. The van der Waals surface area contributed by atoms with Crippen molar-refractivity contribution in [3.63, 3.8) is 0 Å². The first-order valence-corrected chi connectivity index (χ1v) is 9.52. The average Bonchev–Trinajstić information content (AvgIpc) is 3.24. The maximum absolute atomic E-state index is 12.3. The molecule has 0 aliphatic carbocycles. The molecule has 2 aromatic heterocycles. The molecule has 130 valence electrons. The molecule has 0 radical (unpaired) electrons. The maximum atomic E-state index is 12.3. The molecule has 1 atom stereocenters. The number of hydrogen-bond donors (Lipinski definition) is 1. The van der Waals surface area contributed by atoms with Crippen LogP contribution >= 0.6 is 11.3 Å². The lowest BCUT2D eigenvalue weighted by Crippen LogP contribution is -2.37. The summed E-state index contributed by atoms with van der Waals surface area (Å²) in [6.45, 7) is 6.35. The number of thiophene rings is 1. The van der Waals surface area contributed by atoms with Crippen molar-refractivity contribution in [2.45, 2.75) is 39.2 Å². The minimum absolute atomic E-state index is 0.122. The predicted molar refractivity (Wildman–Crippen MR) is 97.3 cm³/mol. The van der Waals surface area contributed by atoms with E-state index in [0.29, 0.717) is 19.1 Å². The van der Waals surface area contributed by atoms with E-state index in [4.69, 9.17) is 0 Å². The Morgan fingerprint density at radius 3 is 2.96 bits per heavy atom. The fraction of sp³-hybridized carbons (Fsp3) is 0.556. The summed E-state index contributed by atoms with van der Waals surface area (Å²) in [6, 6.07) is 2.43. The lowest BCUT2D eigenvalue weighted by Gasteiger charge is -2.24. The first-order valence-electron chi connectivity index (χ1n) is 8.58. The highest BCUT2D eigenvalue weighted by Crippen LogP contribution is 2.34. The molecule has 0 unspecified atom stereocenters. The van der Waals surface area contributed by atoms with E-state index in [9.17, 15) is 4.79 Å². The van der Waals surface area contributed by atoms with E-state index in [1.807, 2.05) is 11.7 Å². The fourth-order valence-electron chi connectivity index (χ4n) is 3.64. The summed E-state index contributed by atoms with van der Waals surface area (Å²) in [5.74, 6) is 0.122. The summed E-state index contributed by atoms with van der Waals surface area (Å²) in [5, 5.41) is 11.8. The van der Waals surface area contributed by atoms with E-state index in [0.717, 1.165) is 31.5 Å². The molecule has 0 bridgehead atoms. The van der Waals surface area contributed by atoms with Crippen LogP contribution in [0.5, 0.6) is 0 Å². The Labute approximate surface area is 147 Å². The molecule has 1 aliphatic rings. The number of nitrogens with one attached hydrogen (secondary N) is 1. The van der Waals surface area contributed by atoms with Crippen molar-refractivity contribution in [1.82, 2.24) is 20.0 Å². The van der Waals surface area contributed by atoms with Crippen molar-refractivity contribution in [3.05, 3.63) is 39.3 Å². The van der Waals surface area contributed by atoms with E-state index >= 15 is 0 Å². The predicted octanol–water partition coefficient (Wildman–Crippen LogP) is 2.59. The number of amides is 1. The van der Waals surface area contributed by atoms with Gasteiger partial charge in [0.05, 0.1) is 12.2 Å². The number of carbonyl (C=O) groups excluding carboxylic acids is 1. The zero-order chi connectivity index (χ0) is 17.1. The number of carbonyl (C=O) groups is 1. The van der Waals surface area contributed by atoms with Crippen molar-refractivity contribution in [2.75, 3.05) is 19.6 Å². The van der Waals surface area contributed by atoms with E-state index in [1.54, 1.807) is 11.3 Å². The van der Waals surface area contributed by atoms with Crippen LogP contribution < -0.4 is 5.32 Å². The number of hydrogen-bond acceptors (Lipinski definition) is 4. The quantitative estimate of drug-likeness (QED) is 0.875. The van der Waals surface area contributed by atoms with Gasteiger partial charge in [0.1, 0.15) is 0 Å². The van der Waals surface area contributed by atoms with Gasteiger partial charge in [0.15, 0.2) is 0 Å². The second kappa shape index (κ2) is 7.49. The van der Waals surface area contributed by atoms with Gasteiger partial charge in [-0.2, -0.15) is 16.4 Å². The summed E-state index contributed by atoms with van der Waals surface area (Å²) in [6.07, 6.45) is 3.15. The number of likely N-dealkylation sites (tertiary alicyclic amines) is 1. The highest BCUT2D eigenvalue weighted by molar-refractivity contribution is 7.07. The molecule has 0 spiro atoms. The maximum Gasteiger partial charge on any atom is 0.234 e. The van der Waals surface area contributed by atoms with Gasteiger partial charge >= 0.3 is 0 Å². The third kappa shape index (κ3) is 3.70. The Balaban J connectivity index is 1.56. The smallest absolute Gasteiger partial charge is 0.234 e. The molecule has 3 heterocycles. The van der Waals surface area contributed by atoms with Gasteiger partial charge in [-0.25, -0.2) is 0 Å². The first kappa shape index (κ1) is 17.2. The van der Waals surface area contributed by atoms with Gasteiger partial charge in [0.2, 0.25) is 5.91 Å². The van der Waals surface area contributed by atoms with E-state index < -0.39 is 0 Å². The van der Waals surface area contributed by atoms with E-state index in [1.165, 1.54) is 16.8 Å². The molecule has 1 fully saturated rings. The second-order valence-electron chi connectivity index (χ2n) is 6.57. The zero-order valence-electron chi connectivity index (χ0n) is 14.7. The van der Waals surface area contributed by atoms with Gasteiger partial charge in [-0.1, -0.05) is 0 Å². The van der Waals surface area contributed by atoms with Crippen molar-refractivity contribution >= 4 is 17.2 Å². The van der Waals surface area contributed by atoms with Crippen molar-refractivity contribution in [3.8, 4) is 0 Å². The third-order valence-electron chi connectivity index (χ3n) is 4.92. The molecule has 1 amide bonds. The summed E-state index contributed by atoms with van der Waals surface area (Å²) >= 11 is 1.70. The van der Waals surface area contributed by atoms with Crippen LogP contribution in [0.3, 0.4) is 0 Å². The molecule has 24 heavy (non-hydrogen) atoms. The molecular weight excluding hydrogens is 320 g/mol. The number of nitrogens with zero attached hydrogens (tertiary/aromatic N) is 3. The molecule has 0 aromatic carbocycles. The highest BCUT2D eigenvalue weighted by Gasteiger charge is 2.31. The molecule has 1 aliphatic heterocycles. The SMILES string of the molecule is Cc1nn(C)c(C)c1[C@@H]1CCCN1CC(=O)NCCc1ccsc1. The first-order chi connectivity index (χ1) is 11.6. The minimum Gasteiger partial charge on any atom is -0.355 e. The lowest BCUT2D eigenvalue weighted by molar-refractivity contribution is -0.122. The summed E-state index contributed by atoms with van der Waals surface area (Å²) < 4.78 is 1.95. The Morgan fingerprint density at radius 1 is 1.46 bits per heavy atom. The Bertz CT molecular complexity index is 692. The van der Waals surface area contributed by atoms with Gasteiger partial charge in [-0.05, 0) is 62.0 Å². The summed E-state index contributed by atoms with van der Waals surface area (Å²) in [7, 11) is 1.99. The van der Waals surface area contributed by atoms with Crippen LogP contribution in [0.15, 0.2) is 16.8 Å². The van der Waals surface area contributed by atoms with Crippen molar-refractivity contribution < 1.29 is 4.79 Å². The standard InChI is InChI=1S/C18H26N4OS/c1-13-18(14(2)21(3)20-13)16-5-4-9-22(16)11-17(23)19-8-6-15-7-10-24-12-15/h7,10,12,16H,4-6,8-9,11H2,1-3H3,(H,19,23)/t16-/m0/s1. The molecule has 1 N–H and O–H groups in total. The molecule has 6 heteroatoms. The van der Waals surface area contributed by atoms with Crippen LogP contribution in [0, 0.1) is 13.8 Å². The monoisotopic (exact) mass is 346 g/mol.